The van der Waals surface area contributed by atoms with Gasteiger partial charge in [0.15, 0.2) is 0 Å². The van der Waals surface area contributed by atoms with E-state index < -0.39 is 24.7 Å². The molecule has 1 atom stereocenters. The lowest BCUT2D eigenvalue weighted by Gasteiger charge is -2.26. The third-order valence-corrected chi connectivity index (χ3v) is 2.07. The topological polar surface area (TPSA) is 46.3 Å². The molecule has 1 unspecified atom stereocenters. The summed E-state index contributed by atoms with van der Waals surface area (Å²) in [5, 5.41) is 0. The fraction of sp³-hybridized carbons (Fsp3) is 0.889. The molecule has 3 nitrogen and oxygen atoms in total. The molecule has 0 aromatic heterocycles. The molecule has 0 spiro atoms. The number of carbonyl (C=O) groups excluding carboxylic acids is 1. The van der Waals surface area contributed by atoms with Crippen molar-refractivity contribution < 1.29 is 18.0 Å². The van der Waals surface area contributed by atoms with Gasteiger partial charge in [0.1, 0.15) is 6.54 Å². The average molecular weight is 226 g/mol. The molecular formula is C9H17F3N2O. The van der Waals surface area contributed by atoms with Crippen LogP contribution in [-0.4, -0.2) is 36.1 Å². The fourth-order valence-electron chi connectivity index (χ4n) is 1.06. The molecule has 15 heavy (non-hydrogen) atoms. The van der Waals surface area contributed by atoms with E-state index in [4.69, 9.17) is 5.73 Å². The van der Waals surface area contributed by atoms with Gasteiger partial charge in [0.2, 0.25) is 5.91 Å². The molecule has 0 rings (SSSR count). The Morgan fingerprint density at radius 2 is 1.87 bits per heavy atom. The largest absolute Gasteiger partial charge is 0.406 e. The average Bonchev–Trinajstić information content (AvgIpc) is 2.10. The van der Waals surface area contributed by atoms with Crippen molar-refractivity contribution in [3.8, 4) is 0 Å². The number of nitrogens with zero attached hydrogens (tertiary/aromatic N) is 1. The minimum atomic E-state index is -4.37. The zero-order chi connectivity index (χ0) is 12.2. The van der Waals surface area contributed by atoms with Gasteiger partial charge in [-0.1, -0.05) is 13.8 Å². The second-order valence-electron chi connectivity index (χ2n) is 3.74. The molecule has 6 heteroatoms. The van der Waals surface area contributed by atoms with Crippen molar-refractivity contribution >= 4 is 5.91 Å². The summed E-state index contributed by atoms with van der Waals surface area (Å²) in [6, 6.07) is -0.868. The predicted molar refractivity (Wildman–Crippen MR) is 51.1 cm³/mol. The molecule has 0 aliphatic carbocycles. The summed E-state index contributed by atoms with van der Waals surface area (Å²) >= 11 is 0. The first kappa shape index (κ1) is 14.2. The lowest BCUT2D eigenvalue weighted by atomic mass is 10.0. The SMILES string of the molecule is CCN(CC(F)(F)F)C(=O)C(N)C(C)C. The van der Waals surface area contributed by atoms with Gasteiger partial charge in [-0.15, -0.1) is 0 Å². The van der Waals surface area contributed by atoms with Crippen LogP contribution in [0.4, 0.5) is 13.2 Å². The maximum absolute atomic E-state index is 12.1. The van der Waals surface area contributed by atoms with Gasteiger partial charge < -0.3 is 10.6 Å². The Morgan fingerprint density at radius 3 is 2.13 bits per heavy atom. The van der Waals surface area contributed by atoms with Gasteiger partial charge in [-0.05, 0) is 12.8 Å². The van der Waals surface area contributed by atoms with Crippen molar-refractivity contribution in [1.29, 1.82) is 0 Å². The highest BCUT2D eigenvalue weighted by Crippen LogP contribution is 2.17. The predicted octanol–water partition coefficient (Wildman–Crippen LogP) is 1.38. The molecule has 0 saturated carbocycles. The number of amides is 1. The molecule has 0 saturated heterocycles. The smallest absolute Gasteiger partial charge is 0.333 e. The number of hydrogen-bond acceptors (Lipinski definition) is 2. The first-order valence-electron chi connectivity index (χ1n) is 4.80. The summed E-state index contributed by atoms with van der Waals surface area (Å²) in [6.07, 6.45) is -4.37. The summed E-state index contributed by atoms with van der Waals surface area (Å²) in [5.74, 6) is -0.815. The zero-order valence-electron chi connectivity index (χ0n) is 9.14. The molecular weight excluding hydrogens is 209 g/mol. The van der Waals surface area contributed by atoms with Crippen molar-refractivity contribution in [2.45, 2.75) is 33.0 Å². The standard InChI is InChI=1S/C9H17F3N2O/c1-4-14(5-9(10,11)12)8(15)7(13)6(2)3/h6-7H,4-5,13H2,1-3H3. The Kier molecular flexibility index (Phi) is 5.07. The summed E-state index contributed by atoms with van der Waals surface area (Å²) in [4.78, 5) is 12.2. The van der Waals surface area contributed by atoms with Crippen molar-refractivity contribution in [2.75, 3.05) is 13.1 Å². The van der Waals surface area contributed by atoms with Crippen LogP contribution < -0.4 is 5.73 Å². The quantitative estimate of drug-likeness (QED) is 0.787. The van der Waals surface area contributed by atoms with Gasteiger partial charge in [-0.3, -0.25) is 4.79 Å². The maximum atomic E-state index is 12.1. The van der Waals surface area contributed by atoms with Gasteiger partial charge >= 0.3 is 6.18 Å². The number of rotatable bonds is 4. The zero-order valence-corrected chi connectivity index (χ0v) is 9.14. The number of halogens is 3. The second-order valence-corrected chi connectivity index (χ2v) is 3.74. The van der Waals surface area contributed by atoms with Crippen molar-refractivity contribution in [3.63, 3.8) is 0 Å². The number of likely N-dealkylation sites (N-methyl/N-ethyl adjacent to an activating group) is 1. The third-order valence-electron chi connectivity index (χ3n) is 2.07. The van der Waals surface area contributed by atoms with E-state index in [9.17, 15) is 18.0 Å². The lowest BCUT2D eigenvalue weighted by molar-refractivity contribution is -0.162. The van der Waals surface area contributed by atoms with Gasteiger partial charge in [-0.2, -0.15) is 13.2 Å². The molecule has 0 radical (unpaired) electrons. The van der Waals surface area contributed by atoms with E-state index >= 15 is 0 Å². The van der Waals surface area contributed by atoms with E-state index in [1.165, 1.54) is 6.92 Å². The molecule has 0 aromatic carbocycles. The van der Waals surface area contributed by atoms with Crippen LogP contribution >= 0.6 is 0 Å². The number of carbonyl (C=O) groups is 1. The van der Waals surface area contributed by atoms with Crippen molar-refractivity contribution in [3.05, 3.63) is 0 Å². The molecule has 2 N–H and O–H groups in total. The highest BCUT2D eigenvalue weighted by molar-refractivity contribution is 5.81. The van der Waals surface area contributed by atoms with Gasteiger partial charge in [0, 0.05) is 6.54 Å². The fourth-order valence-corrected chi connectivity index (χ4v) is 1.06. The Morgan fingerprint density at radius 1 is 1.40 bits per heavy atom. The Labute approximate surface area is 87.4 Å². The number of hydrogen-bond donors (Lipinski definition) is 1. The van der Waals surface area contributed by atoms with E-state index in [-0.39, 0.29) is 12.5 Å². The van der Waals surface area contributed by atoms with Crippen LogP contribution in [0.15, 0.2) is 0 Å². The third kappa shape index (κ3) is 5.01. The minimum Gasteiger partial charge on any atom is -0.333 e. The summed E-state index contributed by atoms with van der Waals surface area (Å²) < 4.78 is 36.2. The van der Waals surface area contributed by atoms with E-state index in [0.717, 1.165) is 4.90 Å². The Balaban J connectivity index is 4.48. The van der Waals surface area contributed by atoms with E-state index in [1.807, 2.05) is 0 Å². The molecule has 0 heterocycles. The van der Waals surface area contributed by atoms with Gasteiger partial charge in [0.05, 0.1) is 6.04 Å². The van der Waals surface area contributed by atoms with Crippen LogP contribution in [0.1, 0.15) is 20.8 Å². The van der Waals surface area contributed by atoms with Crippen LogP contribution in [0.3, 0.4) is 0 Å². The lowest BCUT2D eigenvalue weighted by Crippen LogP contribution is -2.49. The minimum absolute atomic E-state index is 0.0127. The first-order valence-corrected chi connectivity index (χ1v) is 4.80. The summed E-state index contributed by atoms with van der Waals surface area (Å²) in [6.45, 7) is 3.67. The molecule has 1 amide bonds. The number of nitrogens with two attached hydrogens (primary N) is 1. The highest BCUT2D eigenvalue weighted by Gasteiger charge is 2.34. The molecule has 0 aliphatic heterocycles. The molecule has 0 fully saturated rings. The first-order chi connectivity index (χ1) is 6.69. The molecule has 0 aliphatic rings. The summed E-state index contributed by atoms with van der Waals surface area (Å²) in [5.41, 5.74) is 5.50. The van der Waals surface area contributed by atoms with Crippen LogP contribution in [0, 0.1) is 5.92 Å². The van der Waals surface area contributed by atoms with Gasteiger partial charge in [-0.25, -0.2) is 0 Å². The molecule has 0 aromatic rings. The van der Waals surface area contributed by atoms with Crippen molar-refractivity contribution in [1.82, 2.24) is 4.90 Å². The van der Waals surface area contributed by atoms with Crippen LogP contribution in [-0.2, 0) is 4.79 Å². The maximum Gasteiger partial charge on any atom is 0.406 e. The normalized spacial score (nSPS) is 14.1. The Bertz CT molecular complexity index is 216. The van der Waals surface area contributed by atoms with Crippen LogP contribution in [0.2, 0.25) is 0 Å². The Hall–Kier alpha value is -0.780. The van der Waals surface area contributed by atoms with Gasteiger partial charge in [0.25, 0.3) is 0 Å². The molecule has 0 bridgehead atoms. The van der Waals surface area contributed by atoms with E-state index in [0.29, 0.717) is 0 Å². The van der Waals surface area contributed by atoms with E-state index in [1.54, 1.807) is 13.8 Å². The number of alkyl halides is 3. The highest BCUT2D eigenvalue weighted by atomic mass is 19.4. The van der Waals surface area contributed by atoms with Crippen LogP contribution in [0.25, 0.3) is 0 Å². The van der Waals surface area contributed by atoms with Crippen molar-refractivity contribution in [2.24, 2.45) is 11.7 Å². The van der Waals surface area contributed by atoms with E-state index in [2.05, 4.69) is 0 Å². The summed E-state index contributed by atoms with van der Waals surface area (Å²) in [7, 11) is 0. The second kappa shape index (κ2) is 5.34. The molecule has 90 valence electrons. The monoisotopic (exact) mass is 226 g/mol. The van der Waals surface area contributed by atoms with Crippen LogP contribution in [0.5, 0.6) is 0 Å².